The van der Waals surface area contributed by atoms with E-state index in [1.54, 1.807) is 19.2 Å². The topological polar surface area (TPSA) is 48.7 Å². The smallest absolute Gasteiger partial charge is 0.336 e. The van der Waals surface area contributed by atoms with E-state index in [2.05, 4.69) is 0 Å². The maximum atomic E-state index is 11.6. The predicted molar refractivity (Wildman–Crippen MR) is 89.2 cm³/mol. The van der Waals surface area contributed by atoms with Gasteiger partial charge in [-0.2, -0.15) is 0 Å². The van der Waals surface area contributed by atoms with Crippen molar-refractivity contribution in [3.63, 3.8) is 0 Å². The zero-order valence-electron chi connectivity index (χ0n) is 13.2. The molecule has 0 bridgehead atoms. The summed E-state index contributed by atoms with van der Waals surface area (Å²) in [6.07, 6.45) is 0.786. The largest absolute Gasteiger partial charge is 0.497 e. The first-order valence-electron chi connectivity index (χ1n) is 7.52. The molecule has 0 aliphatic carbocycles. The van der Waals surface area contributed by atoms with Crippen LogP contribution in [0.15, 0.2) is 57.7 Å². The molecule has 118 valence electrons. The summed E-state index contributed by atoms with van der Waals surface area (Å²) in [6.45, 7) is 2.45. The Kier molecular flexibility index (Phi) is 4.33. The Labute approximate surface area is 134 Å². The van der Waals surface area contributed by atoms with Gasteiger partial charge in [0.15, 0.2) is 0 Å². The molecule has 0 saturated carbocycles. The van der Waals surface area contributed by atoms with Crippen LogP contribution < -0.4 is 15.1 Å². The van der Waals surface area contributed by atoms with Crippen LogP contribution in [0, 0.1) is 0 Å². The van der Waals surface area contributed by atoms with E-state index in [4.69, 9.17) is 13.9 Å². The van der Waals surface area contributed by atoms with Crippen molar-refractivity contribution in [2.45, 2.75) is 20.0 Å². The molecule has 0 fully saturated rings. The van der Waals surface area contributed by atoms with E-state index in [0.29, 0.717) is 17.9 Å². The first-order chi connectivity index (χ1) is 11.2. The van der Waals surface area contributed by atoms with Gasteiger partial charge in [0.05, 0.1) is 7.11 Å². The van der Waals surface area contributed by atoms with Crippen molar-refractivity contribution in [1.82, 2.24) is 0 Å². The van der Waals surface area contributed by atoms with E-state index in [9.17, 15) is 4.79 Å². The lowest BCUT2D eigenvalue weighted by atomic mass is 10.1. The molecule has 0 unspecified atom stereocenters. The average molecular weight is 310 g/mol. The second kappa shape index (κ2) is 6.57. The van der Waals surface area contributed by atoms with Gasteiger partial charge in [-0.25, -0.2) is 4.79 Å². The van der Waals surface area contributed by atoms with Gasteiger partial charge in [0.2, 0.25) is 0 Å². The molecular weight excluding hydrogens is 292 g/mol. The number of ether oxygens (including phenoxy) is 2. The van der Waals surface area contributed by atoms with Crippen molar-refractivity contribution in [2.24, 2.45) is 0 Å². The highest BCUT2D eigenvalue weighted by molar-refractivity contribution is 5.81. The maximum Gasteiger partial charge on any atom is 0.336 e. The highest BCUT2D eigenvalue weighted by Gasteiger charge is 2.06. The highest BCUT2D eigenvalue weighted by Crippen LogP contribution is 2.24. The molecule has 0 saturated heterocycles. The number of fused-ring (bicyclic) bond motifs is 1. The van der Waals surface area contributed by atoms with E-state index >= 15 is 0 Å². The summed E-state index contributed by atoms with van der Waals surface area (Å²) < 4.78 is 16.2. The van der Waals surface area contributed by atoms with Crippen LogP contribution >= 0.6 is 0 Å². The lowest BCUT2D eigenvalue weighted by molar-refractivity contribution is 0.306. The lowest BCUT2D eigenvalue weighted by Gasteiger charge is -2.09. The Morgan fingerprint density at radius 3 is 2.43 bits per heavy atom. The molecule has 4 heteroatoms. The number of aryl methyl sites for hydroxylation is 1. The minimum absolute atomic E-state index is 0.332. The molecule has 0 amide bonds. The zero-order valence-corrected chi connectivity index (χ0v) is 13.2. The fraction of sp³-hybridized carbons (Fsp3) is 0.211. The molecule has 0 spiro atoms. The van der Waals surface area contributed by atoms with Crippen LogP contribution in [0.4, 0.5) is 0 Å². The molecule has 0 atom stereocenters. The number of methoxy groups -OCH3 is 1. The number of hydrogen-bond donors (Lipinski definition) is 0. The zero-order chi connectivity index (χ0) is 16.2. The number of benzene rings is 2. The van der Waals surface area contributed by atoms with Crippen molar-refractivity contribution in [3.05, 3.63) is 70.1 Å². The fourth-order valence-electron chi connectivity index (χ4n) is 2.48. The van der Waals surface area contributed by atoms with E-state index in [-0.39, 0.29) is 5.63 Å². The second-order valence-corrected chi connectivity index (χ2v) is 5.24. The van der Waals surface area contributed by atoms with Crippen LogP contribution in [0.3, 0.4) is 0 Å². The van der Waals surface area contributed by atoms with Gasteiger partial charge >= 0.3 is 5.63 Å². The van der Waals surface area contributed by atoms with Crippen LogP contribution in [0.2, 0.25) is 0 Å². The molecular formula is C19H18O4. The summed E-state index contributed by atoms with van der Waals surface area (Å²) in [4.78, 5) is 11.6. The van der Waals surface area contributed by atoms with Crippen molar-refractivity contribution in [1.29, 1.82) is 0 Å². The van der Waals surface area contributed by atoms with Gasteiger partial charge in [0.1, 0.15) is 23.7 Å². The first-order valence-corrected chi connectivity index (χ1v) is 7.52. The summed E-state index contributed by atoms with van der Waals surface area (Å²) >= 11 is 0. The molecule has 0 aliphatic rings. The summed E-state index contributed by atoms with van der Waals surface area (Å²) in [5.74, 6) is 1.48. The van der Waals surface area contributed by atoms with E-state index in [1.807, 2.05) is 43.3 Å². The van der Waals surface area contributed by atoms with Crippen molar-refractivity contribution in [2.75, 3.05) is 7.11 Å². The van der Waals surface area contributed by atoms with E-state index < -0.39 is 0 Å². The van der Waals surface area contributed by atoms with Crippen LogP contribution in [0.1, 0.15) is 18.1 Å². The van der Waals surface area contributed by atoms with Crippen LogP contribution in [0.5, 0.6) is 11.5 Å². The molecule has 0 radical (unpaired) electrons. The summed E-state index contributed by atoms with van der Waals surface area (Å²) in [7, 11) is 1.64. The fourth-order valence-corrected chi connectivity index (χ4v) is 2.48. The first kappa shape index (κ1) is 15.2. The Morgan fingerprint density at radius 1 is 1.00 bits per heavy atom. The minimum atomic E-state index is -0.332. The Balaban J connectivity index is 1.81. The van der Waals surface area contributed by atoms with Gasteiger partial charge in [-0.1, -0.05) is 19.1 Å². The molecule has 4 nitrogen and oxygen atoms in total. The predicted octanol–water partition coefficient (Wildman–Crippen LogP) is 3.94. The Morgan fingerprint density at radius 2 is 1.74 bits per heavy atom. The van der Waals surface area contributed by atoms with Gasteiger partial charge in [-0.3, -0.25) is 0 Å². The third-order valence-corrected chi connectivity index (χ3v) is 3.75. The normalized spacial score (nSPS) is 10.7. The molecule has 0 N–H and O–H groups in total. The third-order valence-electron chi connectivity index (χ3n) is 3.75. The van der Waals surface area contributed by atoms with E-state index in [0.717, 1.165) is 28.7 Å². The number of hydrogen-bond acceptors (Lipinski definition) is 4. The van der Waals surface area contributed by atoms with Gasteiger partial charge in [-0.05, 0) is 41.8 Å². The minimum Gasteiger partial charge on any atom is -0.497 e. The van der Waals surface area contributed by atoms with Crippen LogP contribution in [-0.2, 0) is 13.0 Å². The van der Waals surface area contributed by atoms with Gasteiger partial charge in [0, 0.05) is 17.5 Å². The van der Waals surface area contributed by atoms with Crippen molar-refractivity contribution in [3.8, 4) is 11.5 Å². The van der Waals surface area contributed by atoms with E-state index in [1.165, 1.54) is 0 Å². The van der Waals surface area contributed by atoms with Gasteiger partial charge < -0.3 is 13.9 Å². The standard InChI is InChI=1S/C19H18O4/c1-3-14-10-19(20)23-18-11-16(8-9-17(14)18)22-12-13-4-6-15(21-2)7-5-13/h4-11H,3,12H2,1-2H3. The summed E-state index contributed by atoms with van der Waals surface area (Å²) in [5.41, 5.74) is 2.25. The van der Waals surface area contributed by atoms with Crippen LogP contribution in [-0.4, -0.2) is 7.11 Å². The van der Waals surface area contributed by atoms with Crippen LogP contribution in [0.25, 0.3) is 11.0 Å². The molecule has 23 heavy (non-hydrogen) atoms. The average Bonchev–Trinajstić information content (AvgIpc) is 2.59. The Bertz CT molecular complexity index is 863. The van der Waals surface area contributed by atoms with Crippen molar-refractivity contribution < 1.29 is 13.9 Å². The Hall–Kier alpha value is -2.75. The third kappa shape index (κ3) is 3.37. The molecule has 3 aromatic rings. The maximum absolute atomic E-state index is 11.6. The molecule has 1 aromatic heterocycles. The summed E-state index contributed by atoms with van der Waals surface area (Å²) in [5, 5.41) is 0.948. The highest BCUT2D eigenvalue weighted by atomic mass is 16.5. The monoisotopic (exact) mass is 310 g/mol. The van der Waals surface area contributed by atoms with Gasteiger partial charge in [0.25, 0.3) is 0 Å². The lowest BCUT2D eigenvalue weighted by Crippen LogP contribution is -2.00. The molecule has 0 aliphatic heterocycles. The quantitative estimate of drug-likeness (QED) is 0.670. The summed E-state index contributed by atoms with van der Waals surface area (Å²) in [6, 6.07) is 14.8. The van der Waals surface area contributed by atoms with Crippen molar-refractivity contribution >= 4 is 11.0 Å². The SMILES string of the molecule is CCc1cc(=O)oc2cc(OCc3ccc(OC)cc3)ccc12. The molecule has 3 rings (SSSR count). The molecule has 1 heterocycles. The second-order valence-electron chi connectivity index (χ2n) is 5.24. The molecule has 2 aromatic carbocycles. The van der Waals surface area contributed by atoms with Gasteiger partial charge in [-0.15, -0.1) is 0 Å². The number of rotatable bonds is 5.